The molecule has 0 aromatic heterocycles. The molecule has 2 unspecified atom stereocenters. The fourth-order valence-corrected chi connectivity index (χ4v) is 2.52. The molecule has 1 saturated carbocycles. The molecular formula is C16H23FN2O2. The average Bonchev–Trinajstić information content (AvgIpc) is 2.77. The van der Waals surface area contributed by atoms with Crippen molar-refractivity contribution in [2.45, 2.75) is 57.7 Å². The summed E-state index contributed by atoms with van der Waals surface area (Å²) in [5.74, 6) is -0.249. The Morgan fingerprint density at radius 3 is 2.57 bits per heavy atom. The lowest BCUT2D eigenvalue weighted by Crippen LogP contribution is -2.38. The second-order valence-corrected chi connectivity index (χ2v) is 6.48. The summed E-state index contributed by atoms with van der Waals surface area (Å²) in [6, 6.07) is 6.88. The maximum atomic E-state index is 13.6. The molecule has 1 aliphatic rings. The number of carbonyl (C=O) groups excluding carboxylic acids is 1. The Bertz CT molecular complexity index is 499. The first-order valence-corrected chi connectivity index (χ1v) is 7.34. The van der Waals surface area contributed by atoms with Crippen LogP contribution < -0.4 is 10.6 Å². The summed E-state index contributed by atoms with van der Waals surface area (Å²) in [6.07, 6.45) is 2.15. The van der Waals surface area contributed by atoms with E-state index in [4.69, 9.17) is 4.74 Å². The molecule has 1 fully saturated rings. The zero-order valence-corrected chi connectivity index (χ0v) is 12.8. The molecule has 2 N–H and O–H groups in total. The standard InChI is InChI=1S/C16H23FN2O2/c1-16(2,3)21-15(20)19-12-9-8-11(10-12)18-14-7-5-4-6-13(14)17/h4-7,11-12,18H,8-10H2,1-3H3,(H,19,20). The molecule has 0 heterocycles. The summed E-state index contributed by atoms with van der Waals surface area (Å²) >= 11 is 0. The fraction of sp³-hybridized carbons (Fsp3) is 0.562. The van der Waals surface area contributed by atoms with E-state index in [0.29, 0.717) is 5.69 Å². The molecule has 1 aromatic rings. The summed E-state index contributed by atoms with van der Waals surface area (Å²) < 4.78 is 18.8. The number of amides is 1. The SMILES string of the molecule is CC(C)(C)OC(=O)NC1CCC(Nc2ccccc2F)C1. The van der Waals surface area contributed by atoms with Crippen LogP contribution >= 0.6 is 0 Å². The highest BCUT2D eigenvalue weighted by Crippen LogP contribution is 2.24. The normalized spacial score (nSPS) is 21.9. The summed E-state index contributed by atoms with van der Waals surface area (Å²) in [5.41, 5.74) is 0.0217. The van der Waals surface area contributed by atoms with E-state index in [1.807, 2.05) is 20.8 Å². The highest BCUT2D eigenvalue weighted by Gasteiger charge is 2.27. The maximum absolute atomic E-state index is 13.6. The monoisotopic (exact) mass is 294 g/mol. The van der Waals surface area contributed by atoms with Gasteiger partial charge in [-0.1, -0.05) is 12.1 Å². The van der Waals surface area contributed by atoms with Crippen LogP contribution in [0.3, 0.4) is 0 Å². The first kappa shape index (κ1) is 15.6. The Labute approximate surface area is 125 Å². The molecule has 0 aliphatic heterocycles. The molecule has 0 bridgehead atoms. The van der Waals surface area contributed by atoms with Crippen molar-refractivity contribution in [3.63, 3.8) is 0 Å². The van der Waals surface area contributed by atoms with Gasteiger partial charge in [0.15, 0.2) is 0 Å². The molecule has 1 aliphatic carbocycles. The minimum atomic E-state index is -0.493. The van der Waals surface area contributed by atoms with E-state index in [9.17, 15) is 9.18 Å². The number of para-hydroxylation sites is 1. The van der Waals surface area contributed by atoms with Crippen molar-refractivity contribution in [3.8, 4) is 0 Å². The number of ether oxygens (including phenoxy) is 1. The molecule has 0 radical (unpaired) electrons. The third kappa shape index (κ3) is 4.92. The van der Waals surface area contributed by atoms with Gasteiger partial charge in [0.2, 0.25) is 0 Å². The van der Waals surface area contributed by atoms with E-state index in [-0.39, 0.29) is 24.0 Å². The van der Waals surface area contributed by atoms with Crippen molar-refractivity contribution in [1.82, 2.24) is 5.32 Å². The highest BCUT2D eigenvalue weighted by molar-refractivity contribution is 5.68. The lowest BCUT2D eigenvalue weighted by molar-refractivity contribution is 0.0505. The van der Waals surface area contributed by atoms with Crippen LogP contribution in [0, 0.1) is 5.82 Å². The van der Waals surface area contributed by atoms with Crippen molar-refractivity contribution in [2.24, 2.45) is 0 Å². The highest BCUT2D eigenvalue weighted by atomic mass is 19.1. The van der Waals surface area contributed by atoms with E-state index < -0.39 is 5.60 Å². The van der Waals surface area contributed by atoms with Gasteiger partial charge in [-0.25, -0.2) is 9.18 Å². The van der Waals surface area contributed by atoms with Crippen LogP contribution in [0.25, 0.3) is 0 Å². The molecular weight excluding hydrogens is 271 g/mol. The molecule has 1 amide bonds. The van der Waals surface area contributed by atoms with E-state index in [1.165, 1.54) is 6.07 Å². The van der Waals surface area contributed by atoms with Crippen molar-refractivity contribution in [3.05, 3.63) is 30.1 Å². The number of carbonyl (C=O) groups is 1. The number of halogens is 1. The summed E-state index contributed by atoms with van der Waals surface area (Å²) in [7, 11) is 0. The number of rotatable bonds is 3. The second kappa shape index (κ2) is 6.33. The lowest BCUT2D eigenvalue weighted by atomic mass is 10.2. The predicted molar refractivity (Wildman–Crippen MR) is 80.8 cm³/mol. The number of benzene rings is 1. The van der Waals surface area contributed by atoms with E-state index in [0.717, 1.165) is 19.3 Å². The molecule has 5 heteroatoms. The van der Waals surface area contributed by atoms with Gasteiger partial charge in [0, 0.05) is 12.1 Å². The number of nitrogens with one attached hydrogen (secondary N) is 2. The Morgan fingerprint density at radius 2 is 1.90 bits per heavy atom. The van der Waals surface area contributed by atoms with Gasteiger partial charge in [-0.15, -0.1) is 0 Å². The third-order valence-corrected chi connectivity index (χ3v) is 3.39. The maximum Gasteiger partial charge on any atom is 0.407 e. The first-order chi connectivity index (χ1) is 9.83. The molecule has 0 saturated heterocycles. The van der Waals surface area contributed by atoms with Crippen molar-refractivity contribution in [1.29, 1.82) is 0 Å². The van der Waals surface area contributed by atoms with Crippen molar-refractivity contribution in [2.75, 3.05) is 5.32 Å². The number of hydrogen-bond acceptors (Lipinski definition) is 3. The fourth-order valence-electron chi connectivity index (χ4n) is 2.52. The van der Waals surface area contributed by atoms with Crippen molar-refractivity contribution >= 4 is 11.8 Å². The van der Waals surface area contributed by atoms with Crippen LogP contribution in [0.4, 0.5) is 14.9 Å². The van der Waals surface area contributed by atoms with Crippen LogP contribution in [-0.2, 0) is 4.74 Å². The van der Waals surface area contributed by atoms with Gasteiger partial charge < -0.3 is 15.4 Å². The van der Waals surface area contributed by atoms with Gasteiger partial charge in [0.1, 0.15) is 11.4 Å². The van der Waals surface area contributed by atoms with Gasteiger partial charge in [0.05, 0.1) is 5.69 Å². The minimum absolute atomic E-state index is 0.0733. The smallest absolute Gasteiger partial charge is 0.407 e. The largest absolute Gasteiger partial charge is 0.444 e. The Hall–Kier alpha value is -1.78. The van der Waals surface area contributed by atoms with Gasteiger partial charge in [-0.3, -0.25) is 0 Å². The Morgan fingerprint density at radius 1 is 1.24 bits per heavy atom. The molecule has 1 aromatic carbocycles. The molecule has 116 valence electrons. The van der Waals surface area contributed by atoms with Crippen LogP contribution in [0.5, 0.6) is 0 Å². The van der Waals surface area contributed by atoms with Crippen LogP contribution in [0.1, 0.15) is 40.0 Å². The quantitative estimate of drug-likeness (QED) is 0.894. The molecule has 0 spiro atoms. The summed E-state index contributed by atoms with van der Waals surface area (Å²) in [6.45, 7) is 5.51. The van der Waals surface area contributed by atoms with Crippen LogP contribution in [-0.4, -0.2) is 23.8 Å². The Kier molecular flexibility index (Phi) is 4.70. The van der Waals surface area contributed by atoms with E-state index in [2.05, 4.69) is 10.6 Å². The summed E-state index contributed by atoms with van der Waals surface area (Å²) in [5, 5.41) is 6.06. The predicted octanol–water partition coefficient (Wildman–Crippen LogP) is 3.68. The molecule has 2 atom stereocenters. The minimum Gasteiger partial charge on any atom is -0.444 e. The van der Waals surface area contributed by atoms with Crippen LogP contribution in [0.15, 0.2) is 24.3 Å². The van der Waals surface area contributed by atoms with E-state index in [1.54, 1.807) is 18.2 Å². The number of alkyl carbamates (subject to hydrolysis) is 1. The van der Waals surface area contributed by atoms with Crippen molar-refractivity contribution < 1.29 is 13.9 Å². The number of anilines is 1. The van der Waals surface area contributed by atoms with E-state index >= 15 is 0 Å². The zero-order chi connectivity index (χ0) is 15.5. The Balaban J connectivity index is 1.81. The van der Waals surface area contributed by atoms with Gasteiger partial charge >= 0.3 is 6.09 Å². The van der Waals surface area contributed by atoms with Gasteiger partial charge in [-0.05, 0) is 52.2 Å². The second-order valence-electron chi connectivity index (χ2n) is 6.48. The third-order valence-electron chi connectivity index (χ3n) is 3.39. The molecule has 4 nitrogen and oxygen atoms in total. The van der Waals surface area contributed by atoms with Crippen LogP contribution in [0.2, 0.25) is 0 Å². The first-order valence-electron chi connectivity index (χ1n) is 7.34. The molecule has 2 rings (SSSR count). The summed E-state index contributed by atoms with van der Waals surface area (Å²) in [4.78, 5) is 11.7. The average molecular weight is 294 g/mol. The van der Waals surface area contributed by atoms with Gasteiger partial charge in [0.25, 0.3) is 0 Å². The number of hydrogen-bond donors (Lipinski definition) is 2. The lowest BCUT2D eigenvalue weighted by Gasteiger charge is -2.22. The van der Waals surface area contributed by atoms with Gasteiger partial charge in [-0.2, -0.15) is 0 Å². The topological polar surface area (TPSA) is 50.4 Å². The zero-order valence-electron chi connectivity index (χ0n) is 12.8. The molecule has 21 heavy (non-hydrogen) atoms.